The standard InChI is InChI=1S/C18H26N2O4S/c1-3-4-5-9-12-18(2)16(21)20(17(22)19-18)13-14-25(23,24)15-10-7-6-8-11-15/h6-8,10-11H,3-5,9,12-14H2,1-2H3,(H,19,22). The van der Waals surface area contributed by atoms with Crippen molar-refractivity contribution in [3.05, 3.63) is 30.3 Å². The Morgan fingerprint density at radius 3 is 2.40 bits per heavy atom. The summed E-state index contributed by atoms with van der Waals surface area (Å²) < 4.78 is 24.7. The molecule has 2 rings (SSSR count). The van der Waals surface area contributed by atoms with Crippen LogP contribution in [0.25, 0.3) is 0 Å². The predicted molar refractivity (Wildman–Crippen MR) is 95.9 cm³/mol. The Balaban J connectivity index is 1.98. The van der Waals surface area contributed by atoms with Crippen LogP contribution in [-0.2, 0) is 14.6 Å². The average molecular weight is 366 g/mol. The zero-order valence-electron chi connectivity index (χ0n) is 14.8. The van der Waals surface area contributed by atoms with Gasteiger partial charge in [0.25, 0.3) is 5.91 Å². The molecule has 1 aliphatic rings. The van der Waals surface area contributed by atoms with E-state index >= 15 is 0 Å². The molecule has 138 valence electrons. The third kappa shape index (κ3) is 4.60. The van der Waals surface area contributed by atoms with Gasteiger partial charge in [0.2, 0.25) is 0 Å². The molecule has 1 aliphatic heterocycles. The van der Waals surface area contributed by atoms with Crippen molar-refractivity contribution >= 4 is 21.8 Å². The van der Waals surface area contributed by atoms with Crippen molar-refractivity contribution < 1.29 is 18.0 Å². The average Bonchev–Trinajstić information content (AvgIpc) is 2.80. The first-order valence-electron chi connectivity index (χ1n) is 8.72. The molecule has 1 saturated heterocycles. The Kier molecular flexibility index (Phi) is 6.21. The first kappa shape index (κ1) is 19.4. The van der Waals surface area contributed by atoms with Crippen LogP contribution in [0.5, 0.6) is 0 Å². The first-order valence-corrected chi connectivity index (χ1v) is 10.4. The summed E-state index contributed by atoms with van der Waals surface area (Å²) >= 11 is 0. The number of carbonyl (C=O) groups excluding carboxylic acids is 2. The van der Waals surface area contributed by atoms with E-state index in [2.05, 4.69) is 12.2 Å². The number of hydrogen-bond donors (Lipinski definition) is 1. The molecule has 1 aromatic rings. The second-order valence-corrected chi connectivity index (χ2v) is 8.77. The molecule has 0 radical (unpaired) electrons. The minimum atomic E-state index is -3.53. The Morgan fingerprint density at radius 1 is 1.08 bits per heavy atom. The maximum absolute atomic E-state index is 12.6. The third-order valence-corrected chi connectivity index (χ3v) is 6.27. The van der Waals surface area contributed by atoms with Crippen molar-refractivity contribution in [2.75, 3.05) is 12.3 Å². The quantitative estimate of drug-likeness (QED) is 0.538. The van der Waals surface area contributed by atoms with Gasteiger partial charge >= 0.3 is 6.03 Å². The van der Waals surface area contributed by atoms with Crippen LogP contribution in [-0.4, -0.2) is 43.1 Å². The van der Waals surface area contributed by atoms with Gasteiger partial charge in [0.1, 0.15) is 5.54 Å². The monoisotopic (exact) mass is 366 g/mol. The van der Waals surface area contributed by atoms with Crippen molar-refractivity contribution in [1.82, 2.24) is 10.2 Å². The van der Waals surface area contributed by atoms with E-state index in [4.69, 9.17) is 0 Å². The molecule has 7 heteroatoms. The minimum absolute atomic E-state index is 0.132. The summed E-state index contributed by atoms with van der Waals surface area (Å²) in [6, 6.07) is 7.55. The lowest BCUT2D eigenvalue weighted by Crippen LogP contribution is -2.44. The van der Waals surface area contributed by atoms with Crippen molar-refractivity contribution in [2.45, 2.75) is 56.4 Å². The number of benzene rings is 1. The van der Waals surface area contributed by atoms with Gasteiger partial charge in [0.15, 0.2) is 9.84 Å². The molecule has 1 aromatic carbocycles. The highest BCUT2D eigenvalue weighted by atomic mass is 32.2. The smallest absolute Gasteiger partial charge is 0.323 e. The van der Waals surface area contributed by atoms with Crippen molar-refractivity contribution in [2.24, 2.45) is 0 Å². The number of nitrogens with one attached hydrogen (secondary N) is 1. The van der Waals surface area contributed by atoms with E-state index in [1.807, 2.05) is 0 Å². The molecule has 3 amide bonds. The van der Waals surface area contributed by atoms with Crippen LogP contribution in [0.1, 0.15) is 46.0 Å². The van der Waals surface area contributed by atoms with Crippen LogP contribution >= 0.6 is 0 Å². The maximum atomic E-state index is 12.6. The SMILES string of the molecule is CCCCCCC1(C)NC(=O)N(CCS(=O)(=O)c2ccccc2)C1=O. The summed E-state index contributed by atoms with van der Waals surface area (Å²) in [5.74, 6) is -0.612. The topological polar surface area (TPSA) is 83.6 Å². The van der Waals surface area contributed by atoms with E-state index in [1.54, 1.807) is 25.1 Å². The van der Waals surface area contributed by atoms with E-state index in [9.17, 15) is 18.0 Å². The summed E-state index contributed by atoms with van der Waals surface area (Å²) in [5.41, 5.74) is -0.929. The number of nitrogens with zero attached hydrogens (tertiary/aromatic N) is 1. The number of imide groups is 1. The van der Waals surface area contributed by atoms with Crippen molar-refractivity contribution in [3.8, 4) is 0 Å². The normalized spacial score (nSPS) is 20.8. The predicted octanol–water partition coefficient (Wildman–Crippen LogP) is 2.74. The van der Waals surface area contributed by atoms with Gasteiger partial charge in [-0.2, -0.15) is 0 Å². The van der Waals surface area contributed by atoms with Crippen LogP contribution in [0.2, 0.25) is 0 Å². The molecule has 0 spiro atoms. The largest absolute Gasteiger partial charge is 0.325 e. The summed E-state index contributed by atoms with van der Waals surface area (Å²) in [7, 11) is -3.53. The lowest BCUT2D eigenvalue weighted by atomic mass is 9.94. The van der Waals surface area contributed by atoms with E-state index in [0.717, 1.165) is 30.6 Å². The molecule has 1 N–H and O–H groups in total. The number of carbonyl (C=O) groups is 2. The third-order valence-electron chi connectivity index (χ3n) is 4.56. The van der Waals surface area contributed by atoms with Gasteiger partial charge < -0.3 is 5.32 Å². The Labute approximate surface area is 149 Å². The van der Waals surface area contributed by atoms with Crippen LogP contribution in [0.4, 0.5) is 4.79 Å². The fourth-order valence-corrected chi connectivity index (χ4v) is 4.21. The lowest BCUT2D eigenvalue weighted by molar-refractivity contribution is -0.130. The molecular formula is C18H26N2O4S. The molecular weight excluding hydrogens is 340 g/mol. The van der Waals surface area contributed by atoms with Crippen molar-refractivity contribution in [3.63, 3.8) is 0 Å². The van der Waals surface area contributed by atoms with Gasteiger partial charge in [0, 0.05) is 6.54 Å². The summed E-state index contributed by atoms with van der Waals surface area (Å²) in [5, 5.41) is 2.73. The van der Waals surface area contributed by atoms with Gasteiger partial charge in [-0.25, -0.2) is 13.2 Å². The highest BCUT2D eigenvalue weighted by Gasteiger charge is 2.47. The molecule has 1 atom stereocenters. The van der Waals surface area contributed by atoms with Gasteiger partial charge in [-0.05, 0) is 25.5 Å². The number of hydrogen-bond acceptors (Lipinski definition) is 4. The Hall–Kier alpha value is -1.89. The van der Waals surface area contributed by atoms with Crippen LogP contribution in [0.15, 0.2) is 35.2 Å². The van der Waals surface area contributed by atoms with Crippen molar-refractivity contribution in [1.29, 1.82) is 0 Å². The summed E-state index contributed by atoms with van der Waals surface area (Å²) in [6.45, 7) is 3.69. The Bertz CT molecular complexity index is 718. The zero-order valence-corrected chi connectivity index (χ0v) is 15.6. The minimum Gasteiger partial charge on any atom is -0.323 e. The van der Waals surface area contributed by atoms with Gasteiger partial charge in [0.05, 0.1) is 10.6 Å². The van der Waals surface area contributed by atoms with Crippen LogP contribution in [0, 0.1) is 0 Å². The second-order valence-electron chi connectivity index (χ2n) is 6.66. The van der Waals surface area contributed by atoms with E-state index in [1.165, 1.54) is 12.1 Å². The van der Waals surface area contributed by atoms with E-state index in [0.29, 0.717) is 6.42 Å². The molecule has 0 saturated carbocycles. The first-order chi connectivity index (χ1) is 11.8. The molecule has 1 heterocycles. The molecule has 0 aliphatic carbocycles. The zero-order chi connectivity index (χ0) is 18.5. The van der Waals surface area contributed by atoms with Gasteiger partial charge in [-0.15, -0.1) is 0 Å². The Morgan fingerprint density at radius 2 is 1.76 bits per heavy atom. The highest BCUT2D eigenvalue weighted by molar-refractivity contribution is 7.91. The molecule has 6 nitrogen and oxygen atoms in total. The number of amides is 3. The summed E-state index contributed by atoms with van der Waals surface area (Å²) in [4.78, 5) is 26.0. The fraction of sp³-hybridized carbons (Fsp3) is 0.556. The number of rotatable bonds is 9. The number of unbranched alkanes of at least 4 members (excludes halogenated alkanes) is 3. The summed E-state index contributed by atoms with van der Waals surface area (Å²) in [6.07, 6.45) is 4.63. The van der Waals surface area contributed by atoms with E-state index in [-0.39, 0.29) is 23.1 Å². The second kappa shape index (κ2) is 7.99. The fourth-order valence-electron chi connectivity index (χ4n) is 2.98. The number of sulfone groups is 1. The molecule has 1 unspecified atom stereocenters. The molecule has 0 bridgehead atoms. The van der Waals surface area contributed by atoms with Gasteiger partial charge in [-0.1, -0.05) is 50.8 Å². The molecule has 0 aromatic heterocycles. The molecule has 25 heavy (non-hydrogen) atoms. The number of urea groups is 1. The van der Waals surface area contributed by atoms with Gasteiger partial charge in [-0.3, -0.25) is 9.69 Å². The van der Waals surface area contributed by atoms with Crippen LogP contribution < -0.4 is 5.32 Å². The lowest BCUT2D eigenvalue weighted by Gasteiger charge is -2.21. The molecule has 1 fully saturated rings. The highest BCUT2D eigenvalue weighted by Crippen LogP contribution is 2.24. The maximum Gasteiger partial charge on any atom is 0.325 e. The van der Waals surface area contributed by atoms with E-state index < -0.39 is 21.4 Å². The van der Waals surface area contributed by atoms with Crippen LogP contribution in [0.3, 0.4) is 0 Å².